The second-order valence-corrected chi connectivity index (χ2v) is 4.85. The summed E-state index contributed by atoms with van der Waals surface area (Å²) in [6.45, 7) is 0.871. The van der Waals surface area contributed by atoms with E-state index in [1.807, 2.05) is 0 Å². The number of halogens is 1. The zero-order chi connectivity index (χ0) is 13.8. The molecule has 1 aliphatic rings. The van der Waals surface area contributed by atoms with E-state index in [9.17, 15) is 14.9 Å². The van der Waals surface area contributed by atoms with Gasteiger partial charge in [0, 0.05) is 30.1 Å². The van der Waals surface area contributed by atoms with E-state index in [4.69, 9.17) is 11.6 Å². The molecule has 1 aromatic rings. The molecule has 0 atom stereocenters. The molecule has 0 unspecified atom stereocenters. The summed E-state index contributed by atoms with van der Waals surface area (Å²) in [5.41, 5.74) is 0.330. The maximum Gasteiger partial charge on any atom is 0.293 e. The molecule has 0 bridgehead atoms. The van der Waals surface area contributed by atoms with Crippen molar-refractivity contribution in [2.45, 2.75) is 12.8 Å². The summed E-state index contributed by atoms with van der Waals surface area (Å²) in [6.07, 6.45) is 1.92. The first-order valence-electron chi connectivity index (χ1n) is 6.03. The highest BCUT2D eigenvalue weighted by Crippen LogP contribution is 2.29. The van der Waals surface area contributed by atoms with Crippen molar-refractivity contribution in [3.63, 3.8) is 0 Å². The molecule has 1 aliphatic carbocycles. The lowest BCUT2D eigenvalue weighted by Crippen LogP contribution is -2.29. The Hall–Kier alpha value is -1.82. The minimum Gasteiger partial charge on any atom is -0.378 e. The number of nitrogens with one attached hydrogen (secondary N) is 2. The van der Waals surface area contributed by atoms with Crippen LogP contribution in [0.25, 0.3) is 0 Å². The number of rotatable bonds is 6. The molecule has 102 valence electrons. The number of nitro groups is 1. The number of nitro benzene ring substituents is 1. The van der Waals surface area contributed by atoms with Crippen LogP contribution in [0.15, 0.2) is 18.2 Å². The fraction of sp³-hybridized carbons (Fsp3) is 0.417. The first kappa shape index (κ1) is 13.6. The molecule has 0 heterocycles. The molecule has 2 N–H and O–H groups in total. The molecular weight excluding hydrogens is 270 g/mol. The number of anilines is 1. The summed E-state index contributed by atoms with van der Waals surface area (Å²) in [7, 11) is 0. The van der Waals surface area contributed by atoms with Crippen molar-refractivity contribution in [1.29, 1.82) is 0 Å². The fourth-order valence-electron chi connectivity index (χ4n) is 1.68. The number of amides is 1. The van der Waals surface area contributed by atoms with E-state index in [0.29, 0.717) is 23.8 Å². The predicted octanol–water partition coefficient (Wildman–Crippen LogP) is 2.19. The smallest absolute Gasteiger partial charge is 0.293 e. The average molecular weight is 284 g/mol. The van der Waals surface area contributed by atoms with Crippen LogP contribution in [0.1, 0.15) is 12.8 Å². The van der Waals surface area contributed by atoms with Gasteiger partial charge in [-0.15, -0.1) is 0 Å². The lowest BCUT2D eigenvalue weighted by molar-refractivity contribution is -0.383. The largest absolute Gasteiger partial charge is 0.378 e. The Labute approximate surface area is 115 Å². The second kappa shape index (κ2) is 5.88. The first-order chi connectivity index (χ1) is 9.08. The summed E-state index contributed by atoms with van der Waals surface area (Å²) in [4.78, 5) is 21.7. The number of hydrogen-bond donors (Lipinski definition) is 2. The molecule has 0 radical (unpaired) electrons. The van der Waals surface area contributed by atoms with Crippen LogP contribution in [0.2, 0.25) is 5.02 Å². The third-order valence-corrected chi connectivity index (χ3v) is 3.08. The Morgan fingerprint density at radius 2 is 2.16 bits per heavy atom. The van der Waals surface area contributed by atoms with E-state index in [1.165, 1.54) is 6.07 Å². The van der Waals surface area contributed by atoms with E-state index in [0.717, 1.165) is 12.8 Å². The topological polar surface area (TPSA) is 84.3 Å². The van der Waals surface area contributed by atoms with Crippen molar-refractivity contribution >= 4 is 28.9 Å². The molecule has 1 amide bonds. The number of carbonyl (C=O) groups is 1. The van der Waals surface area contributed by atoms with E-state index in [-0.39, 0.29) is 17.5 Å². The summed E-state index contributed by atoms with van der Waals surface area (Å²) in [6, 6.07) is 4.44. The van der Waals surface area contributed by atoms with E-state index >= 15 is 0 Å². The van der Waals surface area contributed by atoms with Gasteiger partial charge < -0.3 is 10.6 Å². The zero-order valence-corrected chi connectivity index (χ0v) is 10.9. The third kappa shape index (κ3) is 3.82. The van der Waals surface area contributed by atoms with Crippen LogP contribution >= 0.6 is 11.6 Å². The molecule has 2 rings (SSSR count). The van der Waals surface area contributed by atoms with Crippen LogP contribution in [0.4, 0.5) is 11.4 Å². The second-order valence-electron chi connectivity index (χ2n) is 4.41. The van der Waals surface area contributed by atoms with E-state index < -0.39 is 4.92 Å². The summed E-state index contributed by atoms with van der Waals surface area (Å²) in [5.74, 6) is 0.234. The van der Waals surface area contributed by atoms with Crippen molar-refractivity contribution in [3.8, 4) is 0 Å². The van der Waals surface area contributed by atoms with Crippen LogP contribution in [0.3, 0.4) is 0 Å². The highest BCUT2D eigenvalue weighted by atomic mass is 35.5. The van der Waals surface area contributed by atoms with Crippen molar-refractivity contribution in [1.82, 2.24) is 5.32 Å². The van der Waals surface area contributed by atoms with Gasteiger partial charge in [0.1, 0.15) is 5.69 Å². The highest BCUT2D eigenvalue weighted by Gasteiger charge is 2.29. The van der Waals surface area contributed by atoms with Crippen molar-refractivity contribution in [2.24, 2.45) is 5.92 Å². The van der Waals surface area contributed by atoms with Crippen LogP contribution in [0.5, 0.6) is 0 Å². The molecular formula is C12H14ClN3O3. The average Bonchev–Trinajstić information content (AvgIpc) is 3.19. The Bertz CT molecular complexity index is 503. The van der Waals surface area contributed by atoms with Crippen LogP contribution in [-0.4, -0.2) is 23.9 Å². The van der Waals surface area contributed by atoms with Gasteiger partial charge in [-0.1, -0.05) is 11.6 Å². The molecule has 0 aliphatic heterocycles. The Kier molecular flexibility index (Phi) is 4.21. The predicted molar refractivity (Wildman–Crippen MR) is 72.3 cm³/mol. The standard InChI is InChI=1S/C12H14ClN3O3/c13-9-3-4-10(11(7-9)16(18)19)14-5-6-15-12(17)8-1-2-8/h3-4,7-8,14H,1-2,5-6H2,(H,15,17). The molecule has 6 nitrogen and oxygen atoms in total. The number of carbonyl (C=O) groups excluding carboxylic acids is 1. The van der Waals surface area contributed by atoms with Gasteiger partial charge in [-0.3, -0.25) is 14.9 Å². The molecule has 1 saturated carbocycles. The van der Waals surface area contributed by atoms with Gasteiger partial charge in [0.25, 0.3) is 5.69 Å². The highest BCUT2D eigenvalue weighted by molar-refractivity contribution is 6.30. The van der Waals surface area contributed by atoms with Crippen LogP contribution in [0, 0.1) is 16.0 Å². The van der Waals surface area contributed by atoms with Gasteiger partial charge in [-0.05, 0) is 25.0 Å². The minimum absolute atomic E-state index is 0.0624. The molecule has 1 fully saturated rings. The van der Waals surface area contributed by atoms with E-state index in [2.05, 4.69) is 10.6 Å². The lowest BCUT2D eigenvalue weighted by atomic mass is 10.2. The monoisotopic (exact) mass is 283 g/mol. The fourth-order valence-corrected chi connectivity index (χ4v) is 1.84. The number of benzene rings is 1. The molecule has 19 heavy (non-hydrogen) atoms. The Morgan fingerprint density at radius 3 is 2.79 bits per heavy atom. The SMILES string of the molecule is O=C(NCCNc1ccc(Cl)cc1[N+](=O)[O-])C1CC1. The molecule has 1 aromatic carbocycles. The Balaban J connectivity index is 1.84. The van der Waals surface area contributed by atoms with Crippen LogP contribution < -0.4 is 10.6 Å². The number of hydrogen-bond acceptors (Lipinski definition) is 4. The first-order valence-corrected chi connectivity index (χ1v) is 6.41. The van der Waals surface area contributed by atoms with Gasteiger partial charge in [0.05, 0.1) is 4.92 Å². The van der Waals surface area contributed by atoms with Gasteiger partial charge in [0.2, 0.25) is 5.91 Å². The lowest BCUT2D eigenvalue weighted by Gasteiger charge is -2.08. The summed E-state index contributed by atoms with van der Waals surface area (Å²) in [5, 5.41) is 16.9. The molecule has 7 heteroatoms. The minimum atomic E-state index is -0.489. The summed E-state index contributed by atoms with van der Waals surface area (Å²) < 4.78 is 0. The van der Waals surface area contributed by atoms with Gasteiger partial charge in [-0.25, -0.2) is 0 Å². The van der Waals surface area contributed by atoms with Crippen molar-refractivity contribution in [2.75, 3.05) is 18.4 Å². The van der Waals surface area contributed by atoms with Gasteiger partial charge in [-0.2, -0.15) is 0 Å². The maximum atomic E-state index is 11.4. The molecule has 0 saturated heterocycles. The zero-order valence-electron chi connectivity index (χ0n) is 10.2. The van der Waals surface area contributed by atoms with Gasteiger partial charge in [0.15, 0.2) is 0 Å². The quantitative estimate of drug-likeness (QED) is 0.476. The van der Waals surface area contributed by atoms with Gasteiger partial charge >= 0.3 is 0 Å². The van der Waals surface area contributed by atoms with Crippen molar-refractivity contribution in [3.05, 3.63) is 33.3 Å². The van der Waals surface area contributed by atoms with Crippen LogP contribution in [-0.2, 0) is 4.79 Å². The Morgan fingerprint density at radius 1 is 1.42 bits per heavy atom. The van der Waals surface area contributed by atoms with E-state index in [1.54, 1.807) is 12.1 Å². The third-order valence-electron chi connectivity index (χ3n) is 2.84. The maximum absolute atomic E-state index is 11.4. The molecule has 0 aromatic heterocycles. The van der Waals surface area contributed by atoms with Crippen molar-refractivity contribution < 1.29 is 9.72 Å². The normalized spacial score (nSPS) is 13.9. The number of nitrogens with zero attached hydrogens (tertiary/aromatic N) is 1. The molecule has 0 spiro atoms. The summed E-state index contributed by atoms with van der Waals surface area (Å²) >= 11 is 5.72.